The molecule has 0 aliphatic carbocycles. The lowest BCUT2D eigenvalue weighted by atomic mass is 10.2. The fraction of sp³-hybridized carbons (Fsp3) is 0.571. The molecule has 0 aliphatic rings. The zero-order valence-corrected chi connectivity index (χ0v) is 10.8. The Kier molecular flexibility index (Phi) is 6.67. The van der Waals surface area contributed by atoms with Crippen molar-refractivity contribution in [3.63, 3.8) is 0 Å². The first-order valence-corrected chi connectivity index (χ1v) is 6.33. The minimum absolute atomic E-state index is 0.280. The van der Waals surface area contributed by atoms with Gasteiger partial charge >= 0.3 is 0 Å². The van der Waals surface area contributed by atoms with Gasteiger partial charge in [0.25, 0.3) is 0 Å². The molecule has 1 rings (SSSR count). The molecule has 0 aliphatic heterocycles. The summed E-state index contributed by atoms with van der Waals surface area (Å²) in [7, 11) is 0. The second-order valence-corrected chi connectivity index (χ2v) is 4.25. The number of aryl methyl sites for hydroxylation is 1. The van der Waals surface area contributed by atoms with E-state index < -0.39 is 0 Å². The van der Waals surface area contributed by atoms with Crippen LogP contribution < -0.4 is 10.1 Å². The fourth-order valence-corrected chi connectivity index (χ4v) is 1.52. The van der Waals surface area contributed by atoms with Gasteiger partial charge in [-0.1, -0.05) is 19.1 Å². The van der Waals surface area contributed by atoms with Gasteiger partial charge in [-0.05, 0) is 44.0 Å². The zero-order chi connectivity index (χ0) is 12.5. The molecule has 17 heavy (non-hydrogen) atoms. The number of benzene rings is 1. The fourth-order valence-electron chi connectivity index (χ4n) is 1.52. The lowest BCUT2D eigenvalue weighted by Gasteiger charge is -2.08. The van der Waals surface area contributed by atoms with Gasteiger partial charge in [0.15, 0.2) is 0 Å². The van der Waals surface area contributed by atoms with Gasteiger partial charge < -0.3 is 15.2 Å². The Labute approximate surface area is 104 Å². The Bertz CT molecular complexity index is 296. The highest BCUT2D eigenvalue weighted by Crippen LogP contribution is 2.12. The average molecular weight is 237 g/mol. The highest BCUT2D eigenvalue weighted by Gasteiger charge is 1.96. The summed E-state index contributed by atoms with van der Waals surface area (Å²) in [6.07, 6.45) is 1.73. The molecule has 0 aromatic heterocycles. The summed E-state index contributed by atoms with van der Waals surface area (Å²) in [5, 5.41) is 12.2. The van der Waals surface area contributed by atoms with Crippen LogP contribution in [0.3, 0.4) is 0 Å². The van der Waals surface area contributed by atoms with E-state index in [-0.39, 0.29) is 6.10 Å². The van der Waals surface area contributed by atoms with Crippen LogP contribution >= 0.6 is 0 Å². The van der Waals surface area contributed by atoms with Crippen molar-refractivity contribution in [2.75, 3.05) is 19.7 Å². The monoisotopic (exact) mass is 237 g/mol. The van der Waals surface area contributed by atoms with Crippen molar-refractivity contribution in [1.29, 1.82) is 0 Å². The normalized spacial score (nSPS) is 12.4. The summed E-state index contributed by atoms with van der Waals surface area (Å²) in [5.41, 5.74) is 1.33. The van der Waals surface area contributed by atoms with E-state index in [4.69, 9.17) is 9.84 Å². The third-order valence-electron chi connectivity index (χ3n) is 2.54. The van der Waals surface area contributed by atoms with Gasteiger partial charge in [-0.2, -0.15) is 0 Å². The second-order valence-electron chi connectivity index (χ2n) is 4.25. The molecule has 3 heteroatoms. The van der Waals surface area contributed by atoms with Gasteiger partial charge in [0, 0.05) is 6.54 Å². The lowest BCUT2D eigenvalue weighted by molar-refractivity contribution is 0.190. The van der Waals surface area contributed by atoms with Crippen LogP contribution in [0, 0.1) is 0 Å². The molecule has 96 valence electrons. The Morgan fingerprint density at radius 2 is 2.00 bits per heavy atom. The molecule has 1 aromatic carbocycles. The van der Waals surface area contributed by atoms with Gasteiger partial charge in [0.2, 0.25) is 0 Å². The summed E-state index contributed by atoms with van der Waals surface area (Å²) in [6.45, 7) is 6.14. The SMILES string of the molecule is CCc1ccc(OCCCNCC(C)O)cc1. The van der Waals surface area contributed by atoms with Gasteiger partial charge in [-0.25, -0.2) is 0 Å². The van der Waals surface area contributed by atoms with Crippen LogP contribution in [0.25, 0.3) is 0 Å². The highest BCUT2D eigenvalue weighted by atomic mass is 16.5. The van der Waals surface area contributed by atoms with E-state index in [1.165, 1.54) is 5.56 Å². The van der Waals surface area contributed by atoms with Gasteiger partial charge in [-0.3, -0.25) is 0 Å². The van der Waals surface area contributed by atoms with Crippen molar-refractivity contribution in [3.8, 4) is 5.75 Å². The summed E-state index contributed by atoms with van der Waals surface area (Å²) < 4.78 is 5.61. The standard InChI is InChI=1S/C14H23NO2/c1-3-13-5-7-14(8-6-13)17-10-4-9-15-11-12(2)16/h5-8,12,15-16H,3-4,9-11H2,1-2H3. The Morgan fingerprint density at radius 3 is 2.59 bits per heavy atom. The minimum Gasteiger partial charge on any atom is -0.494 e. The molecule has 1 atom stereocenters. The lowest BCUT2D eigenvalue weighted by Crippen LogP contribution is -2.26. The Morgan fingerprint density at radius 1 is 1.29 bits per heavy atom. The molecule has 0 amide bonds. The van der Waals surface area contributed by atoms with Crippen LogP contribution in [0.5, 0.6) is 5.75 Å². The molecule has 2 N–H and O–H groups in total. The number of nitrogens with one attached hydrogen (secondary N) is 1. The van der Waals surface area contributed by atoms with E-state index in [2.05, 4.69) is 24.4 Å². The zero-order valence-electron chi connectivity index (χ0n) is 10.8. The van der Waals surface area contributed by atoms with Crippen LogP contribution in [0.15, 0.2) is 24.3 Å². The van der Waals surface area contributed by atoms with E-state index in [0.29, 0.717) is 13.2 Å². The van der Waals surface area contributed by atoms with Crippen LogP contribution in [0.1, 0.15) is 25.8 Å². The summed E-state index contributed by atoms with van der Waals surface area (Å²) in [4.78, 5) is 0. The largest absolute Gasteiger partial charge is 0.494 e. The molecular weight excluding hydrogens is 214 g/mol. The van der Waals surface area contributed by atoms with Crippen molar-refractivity contribution in [2.45, 2.75) is 32.8 Å². The maximum absolute atomic E-state index is 9.04. The first kappa shape index (κ1) is 14.0. The quantitative estimate of drug-likeness (QED) is 0.679. The molecule has 0 fully saturated rings. The predicted octanol–water partition coefficient (Wildman–Crippen LogP) is 1.99. The number of rotatable bonds is 8. The van der Waals surface area contributed by atoms with Crippen molar-refractivity contribution in [3.05, 3.63) is 29.8 Å². The molecule has 0 radical (unpaired) electrons. The first-order valence-electron chi connectivity index (χ1n) is 6.33. The third kappa shape index (κ3) is 6.29. The minimum atomic E-state index is -0.280. The molecule has 1 aromatic rings. The number of ether oxygens (including phenoxy) is 1. The smallest absolute Gasteiger partial charge is 0.119 e. The third-order valence-corrected chi connectivity index (χ3v) is 2.54. The maximum Gasteiger partial charge on any atom is 0.119 e. The molecule has 3 nitrogen and oxygen atoms in total. The van der Waals surface area contributed by atoms with Crippen LogP contribution in [-0.2, 0) is 6.42 Å². The van der Waals surface area contributed by atoms with Gasteiger partial charge in [-0.15, -0.1) is 0 Å². The van der Waals surface area contributed by atoms with Crippen LogP contribution in [-0.4, -0.2) is 30.9 Å². The number of hydrogen-bond donors (Lipinski definition) is 2. The topological polar surface area (TPSA) is 41.5 Å². The molecular formula is C14H23NO2. The van der Waals surface area contributed by atoms with Crippen molar-refractivity contribution in [2.24, 2.45) is 0 Å². The van der Waals surface area contributed by atoms with E-state index in [9.17, 15) is 0 Å². The van der Waals surface area contributed by atoms with Crippen LogP contribution in [0.4, 0.5) is 0 Å². The highest BCUT2D eigenvalue weighted by molar-refractivity contribution is 5.27. The maximum atomic E-state index is 9.04. The summed E-state index contributed by atoms with van der Waals surface area (Å²) in [5.74, 6) is 0.928. The van der Waals surface area contributed by atoms with Gasteiger partial charge in [0.05, 0.1) is 12.7 Å². The van der Waals surface area contributed by atoms with E-state index in [0.717, 1.165) is 25.1 Å². The van der Waals surface area contributed by atoms with Crippen molar-refractivity contribution in [1.82, 2.24) is 5.32 Å². The molecule has 0 bridgehead atoms. The van der Waals surface area contributed by atoms with E-state index in [1.807, 2.05) is 12.1 Å². The van der Waals surface area contributed by atoms with Gasteiger partial charge in [0.1, 0.15) is 5.75 Å². The average Bonchev–Trinajstić information content (AvgIpc) is 2.34. The van der Waals surface area contributed by atoms with E-state index in [1.54, 1.807) is 6.92 Å². The van der Waals surface area contributed by atoms with Crippen molar-refractivity contribution < 1.29 is 9.84 Å². The first-order chi connectivity index (χ1) is 8.22. The number of aliphatic hydroxyl groups is 1. The van der Waals surface area contributed by atoms with E-state index >= 15 is 0 Å². The molecule has 0 saturated heterocycles. The molecule has 0 spiro atoms. The molecule has 0 saturated carbocycles. The van der Waals surface area contributed by atoms with Crippen LogP contribution in [0.2, 0.25) is 0 Å². The Hall–Kier alpha value is -1.06. The molecule has 0 heterocycles. The molecule has 1 unspecified atom stereocenters. The second kappa shape index (κ2) is 8.09. The van der Waals surface area contributed by atoms with Crippen molar-refractivity contribution >= 4 is 0 Å². The number of hydrogen-bond acceptors (Lipinski definition) is 3. The number of aliphatic hydroxyl groups excluding tert-OH is 1. The summed E-state index contributed by atoms with van der Waals surface area (Å²) >= 11 is 0. The predicted molar refractivity (Wildman–Crippen MR) is 70.5 cm³/mol. The Balaban J connectivity index is 2.09. The summed E-state index contributed by atoms with van der Waals surface area (Å²) in [6, 6.07) is 8.23.